The average Bonchev–Trinajstić information content (AvgIpc) is 3.21. The lowest BCUT2D eigenvalue weighted by molar-refractivity contribution is -0.137. The van der Waals surface area contributed by atoms with Gasteiger partial charge in [-0.3, -0.25) is 9.59 Å². The number of carbonyl (C=O) groups excluding carboxylic acids is 2. The predicted molar refractivity (Wildman–Crippen MR) is 131 cm³/mol. The van der Waals surface area contributed by atoms with E-state index in [9.17, 15) is 27.2 Å². The molecular formula is C27H21F4N3O2S. The van der Waals surface area contributed by atoms with E-state index in [-0.39, 0.29) is 18.7 Å². The number of hydrogen-bond acceptors (Lipinski definition) is 3. The van der Waals surface area contributed by atoms with Crippen LogP contribution in [0.25, 0.3) is 0 Å². The van der Waals surface area contributed by atoms with E-state index in [0.29, 0.717) is 21.5 Å². The van der Waals surface area contributed by atoms with Gasteiger partial charge in [-0.15, -0.1) is 11.3 Å². The summed E-state index contributed by atoms with van der Waals surface area (Å²) in [6, 6.07) is 16.7. The molecule has 190 valence electrons. The van der Waals surface area contributed by atoms with Crippen molar-refractivity contribution < 1.29 is 27.2 Å². The van der Waals surface area contributed by atoms with E-state index >= 15 is 0 Å². The molecule has 1 heterocycles. The fraction of sp³-hybridized carbons (Fsp3) is 0.148. The first-order chi connectivity index (χ1) is 17.6. The van der Waals surface area contributed by atoms with E-state index in [1.165, 1.54) is 47.7 Å². The molecule has 0 aliphatic heterocycles. The number of thiazole rings is 1. The second-order valence-electron chi connectivity index (χ2n) is 8.21. The molecule has 4 aromatic rings. The van der Waals surface area contributed by atoms with Gasteiger partial charge >= 0.3 is 6.18 Å². The van der Waals surface area contributed by atoms with Crippen molar-refractivity contribution in [3.05, 3.63) is 122 Å². The molecule has 4 rings (SSSR count). The fourth-order valence-electron chi connectivity index (χ4n) is 3.62. The van der Waals surface area contributed by atoms with Crippen molar-refractivity contribution >= 4 is 23.2 Å². The normalized spacial score (nSPS) is 12.0. The van der Waals surface area contributed by atoms with Crippen LogP contribution in [0.1, 0.15) is 43.1 Å². The number of rotatable bonds is 6. The molecule has 0 aliphatic rings. The van der Waals surface area contributed by atoms with Crippen LogP contribution < -0.4 is 10.1 Å². The third kappa shape index (κ3) is 6.39. The number of halogens is 4. The van der Waals surface area contributed by atoms with Crippen LogP contribution in [-0.4, -0.2) is 16.4 Å². The fourth-order valence-corrected chi connectivity index (χ4v) is 4.50. The Morgan fingerprint density at radius 1 is 1.00 bits per heavy atom. The zero-order valence-corrected chi connectivity index (χ0v) is 20.4. The lowest BCUT2D eigenvalue weighted by atomic mass is 10.1. The second-order valence-corrected chi connectivity index (χ2v) is 9.04. The van der Waals surface area contributed by atoms with Gasteiger partial charge in [-0.05, 0) is 60.5 Å². The summed E-state index contributed by atoms with van der Waals surface area (Å²) in [5, 5.41) is 4.51. The van der Waals surface area contributed by atoms with Crippen molar-refractivity contribution in [2.24, 2.45) is 4.99 Å². The highest BCUT2D eigenvalue weighted by molar-refractivity contribution is 7.07. The number of hydrogen-bond donors (Lipinski definition) is 1. The Labute approximate surface area is 213 Å². The Kier molecular flexibility index (Phi) is 7.68. The van der Waals surface area contributed by atoms with Gasteiger partial charge in [0.05, 0.1) is 12.1 Å². The van der Waals surface area contributed by atoms with Crippen LogP contribution in [0, 0.1) is 12.7 Å². The molecule has 10 heteroatoms. The molecule has 0 bridgehead atoms. The van der Waals surface area contributed by atoms with Gasteiger partial charge < -0.3 is 9.88 Å². The monoisotopic (exact) mass is 527 g/mol. The third-order valence-electron chi connectivity index (χ3n) is 5.58. The predicted octanol–water partition coefficient (Wildman–Crippen LogP) is 5.74. The first-order valence-electron chi connectivity index (χ1n) is 11.1. The van der Waals surface area contributed by atoms with Crippen LogP contribution in [0.2, 0.25) is 0 Å². The maximum absolute atomic E-state index is 13.2. The third-order valence-corrected chi connectivity index (χ3v) is 6.56. The summed E-state index contributed by atoms with van der Waals surface area (Å²) in [6.45, 7) is 2.00. The van der Waals surface area contributed by atoms with E-state index in [4.69, 9.17) is 0 Å². The molecule has 5 nitrogen and oxygen atoms in total. The molecule has 1 aromatic heterocycles. The van der Waals surface area contributed by atoms with Crippen LogP contribution in [0.4, 0.5) is 17.6 Å². The Morgan fingerprint density at radius 3 is 2.46 bits per heavy atom. The summed E-state index contributed by atoms with van der Waals surface area (Å²) in [5.74, 6) is -1.42. The number of aromatic nitrogens is 1. The lowest BCUT2D eigenvalue weighted by Crippen LogP contribution is -2.26. The summed E-state index contributed by atoms with van der Waals surface area (Å²) in [5.41, 5.74) is 1.59. The number of nitrogens with zero attached hydrogens (tertiary/aromatic N) is 2. The van der Waals surface area contributed by atoms with Gasteiger partial charge in [0, 0.05) is 28.7 Å². The maximum Gasteiger partial charge on any atom is 0.416 e. The molecule has 0 radical (unpaired) electrons. The molecule has 2 amide bonds. The summed E-state index contributed by atoms with van der Waals surface area (Å²) >= 11 is 1.26. The summed E-state index contributed by atoms with van der Waals surface area (Å²) < 4.78 is 53.9. The number of aryl methyl sites for hydroxylation is 1. The van der Waals surface area contributed by atoms with Crippen LogP contribution in [0.5, 0.6) is 0 Å². The van der Waals surface area contributed by atoms with Gasteiger partial charge in [0.25, 0.3) is 11.8 Å². The topological polar surface area (TPSA) is 63.5 Å². The Bertz CT molecular complexity index is 1510. The molecule has 37 heavy (non-hydrogen) atoms. The van der Waals surface area contributed by atoms with Crippen molar-refractivity contribution in [1.82, 2.24) is 9.88 Å². The minimum atomic E-state index is -4.47. The van der Waals surface area contributed by atoms with Crippen molar-refractivity contribution in [1.29, 1.82) is 0 Å². The first kappa shape index (κ1) is 26.0. The van der Waals surface area contributed by atoms with Gasteiger partial charge in [0.2, 0.25) is 0 Å². The van der Waals surface area contributed by atoms with Gasteiger partial charge in [-0.1, -0.05) is 30.3 Å². The van der Waals surface area contributed by atoms with Crippen LogP contribution in [0.3, 0.4) is 0 Å². The van der Waals surface area contributed by atoms with E-state index in [2.05, 4.69) is 10.3 Å². The van der Waals surface area contributed by atoms with Crippen LogP contribution in [-0.2, 0) is 19.3 Å². The minimum Gasteiger partial charge on any atom is -0.348 e. The smallest absolute Gasteiger partial charge is 0.348 e. The molecule has 1 N–H and O–H groups in total. The minimum absolute atomic E-state index is 0.0749. The van der Waals surface area contributed by atoms with Crippen molar-refractivity contribution in [2.75, 3.05) is 0 Å². The van der Waals surface area contributed by atoms with Gasteiger partial charge in [-0.2, -0.15) is 18.2 Å². The Morgan fingerprint density at radius 2 is 1.73 bits per heavy atom. The highest BCUT2D eigenvalue weighted by Crippen LogP contribution is 2.29. The number of alkyl halides is 3. The van der Waals surface area contributed by atoms with Gasteiger partial charge in [0.15, 0.2) is 4.80 Å². The molecule has 0 saturated heterocycles. The number of benzene rings is 3. The molecule has 0 saturated carbocycles. The quantitative estimate of drug-likeness (QED) is 0.325. The lowest BCUT2D eigenvalue weighted by Gasteiger charge is -2.13. The molecular weight excluding hydrogens is 506 g/mol. The number of nitrogens with one attached hydrogen (secondary N) is 1. The standard InChI is InChI=1S/C27H21F4N3O2S/c1-17-16-37-26(33-24(35)19-9-11-22(28)12-10-19)34(17)15-20-6-2-3-8-23(20)25(36)32-14-18-5-4-7-21(13-18)27(29,30)31/h2-13,16H,14-15H2,1H3,(H,32,36). The van der Waals surface area contributed by atoms with Crippen molar-refractivity contribution in [3.63, 3.8) is 0 Å². The molecule has 3 aromatic carbocycles. The van der Waals surface area contributed by atoms with Crippen molar-refractivity contribution in [3.8, 4) is 0 Å². The van der Waals surface area contributed by atoms with E-state index in [0.717, 1.165) is 17.8 Å². The summed E-state index contributed by atoms with van der Waals surface area (Å²) in [4.78, 5) is 30.1. The van der Waals surface area contributed by atoms with Crippen LogP contribution >= 0.6 is 11.3 Å². The van der Waals surface area contributed by atoms with E-state index < -0.39 is 29.4 Å². The van der Waals surface area contributed by atoms with E-state index in [1.54, 1.807) is 28.8 Å². The Balaban J connectivity index is 1.55. The zero-order valence-electron chi connectivity index (χ0n) is 19.6. The highest BCUT2D eigenvalue weighted by atomic mass is 32.1. The largest absolute Gasteiger partial charge is 0.416 e. The van der Waals surface area contributed by atoms with E-state index in [1.807, 2.05) is 12.3 Å². The summed E-state index contributed by atoms with van der Waals surface area (Å²) in [7, 11) is 0. The SMILES string of the molecule is Cc1csc(=NC(=O)c2ccc(F)cc2)n1Cc1ccccc1C(=O)NCc1cccc(C(F)(F)F)c1. The van der Waals surface area contributed by atoms with Gasteiger partial charge in [-0.25, -0.2) is 4.39 Å². The maximum atomic E-state index is 13.2. The summed E-state index contributed by atoms with van der Waals surface area (Å²) in [6.07, 6.45) is -4.47. The molecule has 0 aliphatic carbocycles. The van der Waals surface area contributed by atoms with Crippen molar-refractivity contribution in [2.45, 2.75) is 26.2 Å². The molecule has 0 atom stereocenters. The number of carbonyl (C=O) groups is 2. The average molecular weight is 528 g/mol. The molecule has 0 spiro atoms. The molecule has 0 fully saturated rings. The second kappa shape index (κ2) is 10.9. The molecule has 0 unspecified atom stereocenters. The Hall–Kier alpha value is -4.05. The van der Waals surface area contributed by atoms with Crippen LogP contribution in [0.15, 0.2) is 83.2 Å². The first-order valence-corrected chi connectivity index (χ1v) is 12.0. The van der Waals surface area contributed by atoms with Gasteiger partial charge in [0.1, 0.15) is 5.82 Å². The highest BCUT2D eigenvalue weighted by Gasteiger charge is 2.30. The number of amides is 2. The zero-order chi connectivity index (χ0) is 26.6.